The number of ether oxygens (including phenoxy) is 1. The van der Waals surface area contributed by atoms with Gasteiger partial charge in [0, 0.05) is 7.11 Å². The molecule has 0 aliphatic heterocycles. The summed E-state index contributed by atoms with van der Waals surface area (Å²) in [6, 6.07) is 8.75. The number of rotatable bonds is 5. The second-order valence-electron chi connectivity index (χ2n) is 6.30. The highest BCUT2D eigenvalue weighted by atomic mass is 16.5. The number of methoxy groups -OCH3 is 1. The van der Waals surface area contributed by atoms with Crippen molar-refractivity contribution in [3.8, 4) is 0 Å². The van der Waals surface area contributed by atoms with E-state index in [0.717, 1.165) is 19.3 Å². The molecule has 19 heavy (non-hydrogen) atoms. The number of hydrogen-bond donors (Lipinski definition) is 1. The van der Waals surface area contributed by atoms with Crippen LogP contribution in [0.4, 0.5) is 0 Å². The molecule has 1 fully saturated rings. The van der Waals surface area contributed by atoms with Crippen molar-refractivity contribution in [2.45, 2.75) is 50.0 Å². The maximum atomic E-state index is 10.9. The van der Waals surface area contributed by atoms with Crippen molar-refractivity contribution in [3.05, 3.63) is 35.4 Å². The van der Waals surface area contributed by atoms with Crippen molar-refractivity contribution >= 4 is 0 Å². The van der Waals surface area contributed by atoms with Gasteiger partial charge in [-0.1, -0.05) is 24.3 Å². The Morgan fingerprint density at radius 1 is 1.26 bits per heavy atom. The normalized spacial score (nSPS) is 25.7. The number of aliphatic hydroxyl groups is 1. The first-order valence-electron chi connectivity index (χ1n) is 7.52. The molecule has 0 spiro atoms. The Kier molecular flexibility index (Phi) is 3.64. The number of fused-ring (bicyclic) bond motifs is 1. The highest BCUT2D eigenvalue weighted by Gasteiger charge is 2.45. The Morgan fingerprint density at radius 3 is 2.79 bits per heavy atom. The van der Waals surface area contributed by atoms with E-state index in [0.29, 0.717) is 18.4 Å². The molecule has 3 rings (SSSR count). The van der Waals surface area contributed by atoms with Crippen molar-refractivity contribution in [1.82, 2.24) is 0 Å². The van der Waals surface area contributed by atoms with Crippen LogP contribution in [0.2, 0.25) is 0 Å². The summed E-state index contributed by atoms with van der Waals surface area (Å²) >= 11 is 0. The van der Waals surface area contributed by atoms with Crippen molar-refractivity contribution in [2.75, 3.05) is 13.7 Å². The van der Waals surface area contributed by atoms with Crippen LogP contribution >= 0.6 is 0 Å². The second kappa shape index (κ2) is 5.26. The molecule has 1 N–H and O–H groups in total. The van der Waals surface area contributed by atoms with E-state index in [-0.39, 0.29) is 0 Å². The molecule has 1 aromatic rings. The number of benzene rings is 1. The smallest absolute Gasteiger partial charge is 0.0913 e. The SMILES string of the molecule is COCC(O)(CC1CCCc2ccccc21)C1CC1. The fourth-order valence-electron chi connectivity index (χ4n) is 3.71. The second-order valence-corrected chi connectivity index (χ2v) is 6.30. The molecule has 1 aromatic carbocycles. The molecule has 1 saturated carbocycles. The monoisotopic (exact) mass is 260 g/mol. The minimum atomic E-state index is -0.607. The van der Waals surface area contributed by atoms with Crippen molar-refractivity contribution in [2.24, 2.45) is 5.92 Å². The van der Waals surface area contributed by atoms with Crippen molar-refractivity contribution in [1.29, 1.82) is 0 Å². The topological polar surface area (TPSA) is 29.5 Å². The Morgan fingerprint density at radius 2 is 2.05 bits per heavy atom. The predicted molar refractivity (Wildman–Crippen MR) is 76.3 cm³/mol. The number of aryl methyl sites for hydroxylation is 1. The molecule has 0 bridgehead atoms. The van der Waals surface area contributed by atoms with Crippen LogP contribution in [0.5, 0.6) is 0 Å². The van der Waals surface area contributed by atoms with Gasteiger partial charge in [-0.25, -0.2) is 0 Å². The van der Waals surface area contributed by atoms with Gasteiger partial charge in [0.15, 0.2) is 0 Å². The van der Waals surface area contributed by atoms with Gasteiger partial charge in [-0.3, -0.25) is 0 Å². The zero-order valence-electron chi connectivity index (χ0n) is 11.8. The first-order chi connectivity index (χ1) is 9.23. The summed E-state index contributed by atoms with van der Waals surface area (Å²) < 4.78 is 5.29. The van der Waals surface area contributed by atoms with E-state index >= 15 is 0 Å². The van der Waals surface area contributed by atoms with Gasteiger partial charge in [-0.05, 0) is 61.5 Å². The summed E-state index contributed by atoms with van der Waals surface area (Å²) in [5.41, 5.74) is 2.34. The van der Waals surface area contributed by atoms with E-state index in [2.05, 4.69) is 24.3 Å². The van der Waals surface area contributed by atoms with Gasteiger partial charge < -0.3 is 9.84 Å². The lowest BCUT2D eigenvalue weighted by Gasteiger charge is -2.34. The lowest BCUT2D eigenvalue weighted by Crippen LogP contribution is -2.39. The van der Waals surface area contributed by atoms with Crippen LogP contribution in [0.25, 0.3) is 0 Å². The average Bonchev–Trinajstić information content (AvgIpc) is 3.24. The van der Waals surface area contributed by atoms with Crippen LogP contribution < -0.4 is 0 Å². The minimum Gasteiger partial charge on any atom is -0.387 e. The molecule has 2 aliphatic carbocycles. The largest absolute Gasteiger partial charge is 0.387 e. The van der Waals surface area contributed by atoms with Crippen LogP contribution in [0, 0.1) is 5.92 Å². The third-order valence-electron chi connectivity index (χ3n) is 4.83. The number of hydrogen-bond acceptors (Lipinski definition) is 2. The Bertz CT molecular complexity index is 439. The van der Waals surface area contributed by atoms with E-state index in [9.17, 15) is 5.11 Å². The molecular formula is C17H24O2. The van der Waals surface area contributed by atoms with Crippen LogP contribution in [0.1, 0.15) is 49.1 Å². The van der Waals surface area contributed by atoms with E-state index in [1.165, 1.54) is 30.4 Å². The van der Waals surface area contributed by atoms with Crippen LogP contribution in [-0.4, -0.2) is 24.4 Å². The zero-order chi connectivity index (χ0) is 13.3. The molecule has 0 radical (unpaired) electrons. The highest BCUT2D eigenvalue weighted by Crippen LogP contribution is 2.46. The zero-order valence-corrected chi connectivity index (χ0v) is 11.8. The highest BCUT2D eigenvalue weighted by molar-refractivity contribution is 5.33. The average molecular weight is 260 g/mol. The fourth-order valence-corrected chi connectivity index (χ4v) is 3.71. The van der Waals surface area contributed by atoms with Gasteiger partial charge in [-0.2, -0.15) is 0 Å². The third kappa shape index (κ3) is 2.70. The van der Waals surface area contributed by atoms with E-state index in [1.807, 2.05) is 0 Å². The summed E-state index contributed by atoms with van der Waals surface area (Å²) in [5, 5.41) is 10.9. The Labute approximate surface area is 115 Å². The first kappa shape index (κ1) is 13.1. The molecule has 2 nitrogen and oxygen atoms in total. The van der Waals surface area contributed by atoms with Crippen molar-refractivity contribution < 1.29 is 9.84 Å². The maximum absolute atomic E-state index is 10.9. The first-order valence-corrected chi connectivity index (χ1v) is 7.52. The summed E-state index contributed by atoms with van der Waals surface area (Å²) in [7, 11) is 1.70. The van der Waals surface area contributed by atoms with Crippen molar-refractivity contribution in [3.63, 3.8) is 0 Å². The molecule has 2 aliphatic rings. The van der Waals surface area contributed by atoms with E-state index < -0.39 is 5.60 Å². The summed E-state index contributed by atoms with van der Waals surface area (Å²) in [4.78, 5) is 0. The lowest BCUT2D eigenvalue weighted by atomic mass is 9.76. The van der Waals surface area contributed by atoms with Gasteiger partial charge in [0.25, 0.3) is 0 Å². The molecule has 0 aromatic heterocycles. The molecule has 2 heteroatoms. The summed E-state index contributed by atoms with van der Waals surface area (Å²) in [5.74, 6) is 0.965. The molecular weight excluding hydrogens is 236 g/mol. The molecule has 104 valence electrons. The molecule has 0 heterocycles. The van der Waals surface area contributed by atoms with Gasteiger partial charge >= 0.3 is 0 Å². The predicted octanol–water partition coefficient (Wildman–Crippen LogP) is 3.28. The van der Waals surface area contributed by atoms with Gasteiger partial charge in [0.2, 0.25) is 0 Å². The Hall–Kier alpha value is -0.860. The molecule has 0 amide bonds. The van der Waals surface area contributed by atoms with Crippen LogP contribution in [0.3, 0.4) is 0 Å². The summed E-state index contributed by atoms with van der Waals surface area (Å²) in [6.07, 6.45) is 6.83. The standard InChI is InChI=1S/C17H24O2/c1-19-12-17(18,15-9-10-15)11-14-7-4-6-13-5-2-3-8-16(13)14/h2-3,5,8,14-15,18H,4,6-7,9-12H2,1H3. The maximum Gasteiger partial charge on any atom is 0.0913 e. The van der Waals surface area contributed by atoms with Crippen LogP contribution in [0.15, 0.2) is 24.3 Å². The van der Waals surface area contributed by atoms with E-state index in [1.54, 1.807) is 7.11 Å². The van der Waals surface area contributed by atoms with Crippen LogP contribution in [-0.2, 0) is 11.2 Å². The van der Waals surface area contributed by atoms with Gasteiger partial charge in [-0.15, -0.1) is 0 Å². The Balaban J connectivity index is 1.79. The van der Waals surface area contributed by atoms with Gasteiger partial charge in [0.1, 0.15) is 0 Å². The lowest BCUT2D eigenvalue weighted by molar-refractivity contribution is -0.0591. The molecule has 2 atom stereocenters. The van der Waals surface area contributed by atoms with E-state index in [4.69, 9.17) is 4.74 Å². The fraction of sp³-hybridized carbons (Fsp3) is 0.647. The molecule has 2 unspecified atom stereocenters. The third-order valence-corrected chi connectivity index (χ3v) is 4.83. The van der Waals surface area contributed by atoms with Gasteiger partial charge in [0.05, 0.1) is 12.2 Å². The quantitative estimate of drug-likeness (QED) is 0.880. The minimum absolute atomic E-state index is 0.460. The molecule has 0 saturated heterocycles. The summed E-state index contributed by atoms with van der Waals surface area (Å²) in [6.45, 7) is 0.482.